The molecule has 1 aromatic rings. The molecule has 6 nitrogen and oxygen atoms in total. The Morgan fingerprint density at radius 1 is 1.30 bits per heavy atom. The minimum Gasteiger partial charge on any atom is -0.467 e. The lowest BCUT2D eigenvalue weighted by Gasteiger charge is -2.32. The monoisotopic (exact) mass is 299 g/mol. The summed E-state index contributed by atoms with van der Waals surface area (Å²) in [6, 6.07) is 0.559. The summed E-state index contributed by atoms with van der Waals surface area (Å²) in [5, 5.41) is 3.55. The van der Waals surface area contributed by atoms with E-state index in [2.05, 4.69) is 39.0 Å². The fourth-order valence-corrected chi connectivity index (χ4v) is 2.56. The highest BCUT2D eigenvalue weighted by atomic mass is 35.5. The van der Waals surface area contributed by atoms with Gasteiger partial charge >= 0.3 is 6.01 Å². The summed E-state index contributed by atoms with van der Waals surface area (Å²) in [4.78, 5) is 14.7. The Kier molecular flexibility index (Phi) is 5.37. The van der Waals surface area contributed by atoms with Crippen LogP contribution in [-0.2, 0) is 0 Å². The molecule has 0 atom stereocenters. The second-order valence-corrected chi connectivity index (χ2v) is 5.67. The first-order chi connectivity index (χ1) is 9.60. The Morgan fingerprint density at radius 2 is 2.00 bits per heavy atom. The lowest BCUT2D eigenvalue weighted by atomic mass is 9.97. The second-order valence-electron chi connectivity index (χ2n) is 5.33. The largest absolute Gasteiger partial charge is 0.467 e. The minimum absolute atomic E-state index is 0.169. The van der Waals surface area contributed by atoms with Gasteiger partial charge in [-0.1, -0.05) is 0 Å². The molecule has 1 fully saturated rings. The number of ether oxygens (including phenoxy) is 1. The van der Waals surface area contributed by atoms with Gasteiger partial charge < -0.3 is 15.0 Å². The third-order valence-electron chi connectivity index (χ3n) is 3.55. The number of hydrogen-bond donors (Lipinski definition) is 1. The predicted molar refractivity (Wildman–Crippen MR) is 79.5 cm³/mol. The van der Waals surface area contributed by atoms with Gasteiger partial charge in [0.15, 0.2) is 0 Å². The summed E-state index contributed by atoms with van der Waals surface area (Å²) in [6.07, 6.45) is 2.36. The minimum atomic E-state index is 0.169. The topological polar surface area (TPSA) is 63.2 Å². The lowest BCUT2D eigenvalue weighted by molar-refractivity contribution is 0.360. The molecular weight excluding hydrogens is 278 g/mol. The van der Waals surface area contributed by atoms with Gasteiger partial charge in [0.05, 0.1) is 7.11 Å². The van der Waals surface area contributed by atoms with E-state index in [9.17, 15) is 0 Å². The van der Waals surface area contributed by atoms with Crippen molar-refractivity contribution in [2.45, 2.75) is 32.7 Å². The summed E-state index contributed by atoms with van der Waals surface area (Å²) in [7, 11) is 1.53. The van der Waals surface area contributed by atoms with Crippen LogP contribution in [0.2, 0.25) is 5.28 Å². The zero-order valence-corrected chi connectivity index (χ0v) is 13.0. The van der Waals surface area contributed by atoms with Crippen molar-refractivity contribution in [2.75, 3.05) is 31.6 Å². The molecule has 0 amide bonds. The SMILES string of the molecule is COc1nc(Cl)nc(N(CC2CCNCC2)C(C)C)n1. The normalized spacial score (nSPS) is 16.4. The Morgan fingerprint density at radius 3 is 2.60 bits per heavy atom. The first-order valence-corrected chi connectivity index (χ1v) is 7.41. The molecule has 20 heavy (non-hydrogen) atoms. The van der Waals surface area contributed by atoms with E-state index in [-0.39, 0.29) is 11.3 Å². The molecule has 1 aliphatic heterocycles. The van der Waals surface area contributed by atoms with Crippen LogP contribution in [0.25, 0.3) is 0 Å². The van der Waals surface area contributed by atoms with Crippen LogP contribution in [0.3, 0.4) is 0 Å². The van der Waals surface area contributed by atoms with Crippen LogP contribution in [0, 0.1) is 5.92 Å². The van der Waals surface area contributed by atoms with Gasteiger partial charge in [-0.3, -0.25) is 0 Å². The van der Waals surface area contributed by atoms with Gasteiger partial charge in [0.1, 0.15) is 0 Å². The van der Waals surface area contributed by atoms with Crippen LogP contribution in [0.5, 0.6) is 6.01 Å². The number of nitrogens with one attached hydrogen (secondary N) is 1. The van der Waals surface area contributed by atoms with Crippen LogP contribution in [0.4, 0.5) is 5.95 Å². The van der Waals surface area contributed by atoms with Gasteiger partial charge in [-0.25, -0.2) is 0 Å². The molecule has 7 heteroatoms. The lowest BCUT2D eigenvalue weighted by Crippen LogP contribution is -2.40. The summed E-state index contributed by atoms with van der Waals surface area (Å²) in [6.45, 7) is 7.36. The highest BCUT2D eigenvalue weighted by Gasteiger charge is 2.22. The Labute approximate surface area is 124 Å². The highest BCUT2D eigenvalue weighted by molar-refractivity contribution is 6.28. The number of rotatable bonds is 5. The number of piperidine rings is 1. The standard InChI is InChI=1S/C13H22ClN5O/c1-9(2)19(8-10-4-6-15-7-5-10)12-16-11(14)17-13(18-12)20-3/h9-10,15H,4-8H2,1-3H3. The predicted octanol–water partition coefficient (Wildman–Crippen LogP) is 1.75. The molecule has 2 rings (SSSR count). The van der Waals surface area contributed by atoms with Crippen molar-refractivity contribution in [1.82, 2.24) is 20.3 Å². The van der Waals surface area contributed by atoms with E-state index >= 15 is 0 Å². The molecular formula is C13H22ClN5O. The molecule has 0 bridgehead atoms. The van der Waals surface area contributed by atoms with Gasteiger partial charge in [0, 0.05) is 12.6 Å². The molecule has 2 heterocycles. The first kappa shape index (κ1) is 15.3. The van der Waals surface area contributed by atoms with Gasteiger partial charge in [-0.15, -0.1) is 0 Å². The molecule has 0 unspecified atom stereocenters. The van der Waals surface area contributed by atoms with Crippen molar-refractivity contribution in [2.24, 2.45) is 5.92 Å². The number of methoxy groups -OCH3 is 1. The molecule has 1 N–H and O–H groups in total. The van der Waals surface area contributed by atoms with E-state index < -0.39 is 0 Å². The highest BCUT2D eigenvalue weighted by Crippen LogP contribution is 2.21. The molecule has 1 aliphatic rings. The summed E-state index contributed by atoms with van der Waals surface area (Å²) >= 11 is 5.94. The van der Waals surface area contributed by atoms with E-state index in [4.69, 9.17) is 16.3 Å². The zero-order valence-electron chi connectivity index (χ0n) is 12.3. The van der Waals surface area contributed by atoms with Crippen LogP contribution < -0.4 is 15.0 Å². The summed E-state index contributed by atoms with van der Waals surface area (Å²) in [5.74, 6) is 1.25. The molecule has 1 saturated heterocycles. The average molecular weight is 300 g/mol. The van der Waals surface area contributed by atoms with E-state index in [1.807, 2.05) is 0 Å². The van der Waals surface area contributed by atoms with Crippen LogP contribution in [0.15, 0.2) is 0 Å². The van der Waals surface area contributed by atoms with Crippen LogP contribution in [-0.4, -0.2) is 47.7 Å². The molecule has 112 valence electrons. The van der Waals surface area contributed by atoms with Gasteiger partial charge in [0.25, 0.3) is 0 Å². The van der Waals surface area contributed by atoms with Crippen molar-refractivity contribution >= 4 is 17.5 Å². The van der Waals surface area contributed by atoms with Gasteiger partial charge in [0.2, 0.25) is 11.2 Å². The third kappa shape index (κ3) is 3.93. The third-order valence-corrected chi connectivity index (χ3v) is 3.72. The molecule has 0 saturated carbocycles. The van der Waals surface area contributed by atoms with Crippen LogP contribution in [0.1, 0.15) is 26.7 Å². The Bertz CT molecular complexity index is 437. The quantitative estimate of drug-likeness (QED) is 0.894. The fraction of sp³-hybridized carbons (Fsp3) is 0.769. The van der Waals surface area contributed by atoms with Crippen molar-refractivity contribution < 1.29 is 4.74 Å². The molecule has 0 spiro atoms. The molecule has 0 aliphatic carbocycles. The van der Waals surface area contributed by atoms with Crippen molar-refractivity contribution in [3.63, 3.8) is 0 Å². The van der Waals surface area contributed by atoms with E-state index in [1.165, 1.54) is 20.0 Å². The molecule has 0 aromatic carbocycles. The zero-order chi connectivity index (χ0) is 14.5. The summed E-state index contributed by atoms with van der Waals surface area (Å²) in [5.41, 5.74) is 0. The summed E-state index contributed by atoms with van der Waals surface area (Å²) < 4.78 is 5.07. The van der Waals surface area contributed by atoms with E-state index in [0.29, 0.717) is 17.9 Å². The maximum absolute atomic E-state index is 5.94. The maximum Gasteiger partial charge on any atom is 0.322 e. The second kappa shape index (κ2) is 7.04. The maximum atomic E-state index is 5.94. The Hall–Kier alpha value is -1.14. The smallest absolute Gasteiger partial charge is 0.322 e. The van der Waals surface area contributed by atoms with E-state index in [1.54, 1.807) is 0 Å². The van der Waals surface area contributed by atoms with Crippen molar-refractivity contribution in [3.05, 3.63) is 5.28 Å². The molecule has 1 aromatic heterocycles. The average Bonchev–Trinajstić information content (AvgIpc) is 2.44. The van der Waals surface area contributed by atoms with Gasteiger partial charge in [-0.05, 0) is 57.3 Å². The molecule has 0 radical (unpaired) electrons. The number of anilines is 1. The first-order valence-electron chi connectivity index (χ1n) is 7.03. The number of hydrogen-bond acceptors (Lipinski definition) is 6. The number of halogens is 1. The van der Waals surface area contributed by atoms with E-state index in [0.717, 1.165) is 19.6 Å². The van der Waals surface area contributed by atoms with Gasteiger partial charge in [-0.2, -0.15) is 15.0 Å². The van der Waals surface area contributed by atoms with Crippen LogP contribution >= 0.6 is 11.6 Å². The number of aromatic nitrogens is 3. The fourth-order valence-electron chi connectivity index (χ4n) is 2.41. The van der Waals surface area contributed by atoms with Crippen molar-refractivity contribution in [3.8, 4) is 6.01 Å². The number of nitrogens with zero attached hydrogens (tertiary/aromatic N) is 4. The van der Waals surface area contributed by atoms with Crippen molar-refractivity contribution in [1.29, 1.82) is 0 Å². The Balaban J connectivity index is 2.16.